The number of alkyl halides is 3. The van der Waals surface area contributed by atoms with Crippen molar-refractivity contribution >= 4 is 34.1 Å². The molecule has 3 rings (SSSR count). The molecule has 2 aromatic carbocycles. The van der Waals surface area contributed by atoms with E-state index >= 15 is 0 Å². The maximum absolute atomic E-state index is 13.3. The average molecular weight is 399 g/mol. The molecular weight excluding hydrogens is 388 g/mol. The maximum atomic E-state index is 13.3. The Balaban J connectivity index is 1.86. The molecule has 0 atom stereocenters. The lowest BCUT2D eigenvalue weighted by Crippen LogP contribution is -2.20. The number of pyridine rings is 1. The van der Waals surface area contributed by atoms with Crippen LogP contribution in [0.1, 0.15) is 5.56 Å². The summed E-state index contributed by atoms with van der Waals surface area (Å²) in [6.45, 7) is -0.285. The number of aromatic nitrogens is 1. The number of halogens is 5. The summed E-state index contributed by atoms with van der Waals surface area (Å²) >= 11 is 5.54. The van der Waals surface area contributed by atoms with Crippen molar-refractivity contribution in [3.8, 4) is 0 Å². The topological polar surface area (TPSA) is 51.1 Å². The molecule has 1 heterocycles. The molecule has 0 spiro atoms. The van der Waals surface area contributed by atoms with E-state index in [2.05, 4.69) is 5.32 Å². The molecule has 3 aromatic rings. The summed E-state index contributed by atoms with van der Waals surface area (Å²) in [6, 6.07) is 7.75. The largest absolute Gasteiger partial charge is 0.417 e. The van der Waals surface area contributed by atoms with Crippen molar-refractivity contribution < 1.29 is 22.4 Å². The number of nitrogens with zero attached hydrogens (tertiary/aromatic N) is 1. The summed E-state index contributed by atoms with van der Waals surface area (Å²) in [5.41, 5.74) is -1.22. The van der Waals surface area contributed by atoms with Gasteiger partial charge in [0.25, 0.3) is 0 Å². The first-order chi connectivity index (χ1) is 12.6. The fraction of sp³-hybridized carbons (Fsp3) is 0.111. The first-order valence-corrected chi connectivity index (χ1v) is 7.98. The Labute approximate surface area is 155 Å². The Bertz CT molecular complexity index is 1090. The third kappa shape index (κ3) is 4.11. The third-order valence-corrected chi connectivity index (χ3v) is 4.14. The summed E-state index contributed by atoms with van der Waals surface area (Å²) in [6.07, 6.45) is -3.30. The highest BCUT2D eigenvalue weighted by atomic mass is 35.5. The minimum Gasteiger partial charge on any atom is -0.338 e. The highest BCUT2D eigenvalue weighted by molar-refractivity contribution is 6.31. The van der Waals surface area contributed by atoms with Gasteiger partial charge in [0.15, 0.2) is 5.43 Å². The molecule has 1 amide bonds. The zero-order valence-electron chi connectivity index (χ0n) is 13.5. The van der Waals surface area contributed by atoms with Crippen LogP contribution < -0.4 is 10.7 Å². The number of rotatable bonds is 3. The fourth-order valence-corrected chi connectivity index (χ4v) is 2.82. The van der Waals surface area contributed by atoms with Gasteiger partial charge in [0.2, 0.25) is 5.91 Å². The van der Waals surface area contributed by atoms with Gasteiger partial charge in [0, 0.05) is 23.3 Å². The number of fused-ring (bicyclic) bond motifs is 1. The number of anilines is 1. The van der Waals surface area contributed by atoms with Gasteiger partial charge in [-0.3, -0.25) is 9.59 Å². The van der Waals surface area contributed by atoms with Crippen molar-refractivity contribution in [1.82, 2.24) is 4.57 Å². The molecule has 140 valence electrons. The van der Waals surface area contributed by atoms with Crippen LogP contribution in [0, 0.1) is 5.82 Å². The van der Waals surface area contributed by atoms with Gasteiger partial charge in [-0.25, -0.2) is 4.39 Å². The lowest BCUT2D eigenvalue weighted by atomic mass is 10.2. The highest BCUT2D eigenvalue weighted by Crippen LogP contribution is 2.36. The van der Waals surface area contributed by atoms with Gasteiger partial charge in [0.05, 0.1) is 16.1 Å². The van der Waals surface area contributed by atoms with Gasteiger partial charge in [-0.1, -0.05) is 11.6 Å². The van der Waals surface area contributed by atoms with Crippen LogP contribution in [0.3, 0.4) is 0 Å². The standard InChI is InChI=1S/C18H11ClF4N2O2/c19-14-3-2-11(8-13(14)18(21,22)23)24-17(27)9-25-6-5-16(26)12-7-10(20)1-4-15(12)25/h1-8H,9H2,(H,24,27). The highest BCUT2D eigenvalue weighted by Gasteiger charge is 2.33. The van der Waals surface area contributed by atoms with Crippen molar-refractivity contribution in [3.05, 3.63) is 75.3 Å². The Morgan fingerprint density at radius 2 is 1.85 bits per heavy atom. The van der Waals surface area contributed by atoms with Gasteiger partial charge >= 0.3 is 6.18 Å². The predicted octanol–water partition coefficient (Wildman–Crippen LogP) is 4.45. The molecule has 0 aliphatic heterocycles. The third-order valence-electron chi connectivity index (χ3n) is 3.81. The van der Waals surface area contributed by atoms with Crippen LogP contribution in [0.5, 0.6) is 0 Å². The van der Waals surface area contributed by atoms with Crippen LogP contribution in [0.15, 0.2) is 53.5 Å². The minimum atomic E-state index is -4.66. The molecule has 0 fully saturated rings. The zero-order chi connectivity index (χ0) is 19.8. The first kappa shape index (κ1) is 18.9. The second-order valence-corrected chi connectivity index (χ2v) is 6.12. The van der Waals surface area contributed by atoms with E-state index in [0.29, 0.717) is 5.52 Å². The van der Waals surface area contributed by atoms with Crippen LogP contribution in [-0.2, 0) is 17.5 Å². The van der Waals surface area contributed by atoms with Gasteiger partial charge in [-0.2, -0.15) is 13.2 Å². The van der Waals surface area contributed by atoms with E-state index in [1.165, 1.54) is 29.0 Å². The molecule has 0 radical (unpaired) electrons. The van der Waals surface area contributed by atoms with Crippen LogP contribution in [-0.4, -0.2) is 10.5 Å². The predicted molar refractivity (Wildman–Crippen MR) is 93.2 cm³/mol. The number of hydrogen-bond donors (Lipinski definition) is 1. The van der Waals surface area contributed by atoms with Crippen molar-refractivity contribution in [1.29, 1.82) is 0 Å². The van der Waals surface area contributed by atoms with Crippen molar-refractivity contribution in [2.45, 2.75) is 12.7 Å². The van der Waals surface area contributed by atoms with Crippen LogP contribution >= 0.6 is 11.6 Å². The van der Waals surface area contributed by atoms with Crippen molar-refractivity contribution in [2.75, 3.05) is 5.32 Å². The molecule has 1 N–H and O–H groups in total. The van der Waals surface area contributed by atoms with Crippen LogP contribution in [0.25, 0.3) is 10.9 Å². The molecule has 27 heavy (non-hydrogen) atoms. The SMILES string of the molecule is O=C(Cn1ccc(=O)c2cc(F)ccc21)Nc1ccc(Cl)c(C(F)(F)F)c1. The molecule has 1 aromatic heterocycles. The number of carbonyl (C=O) groups is 1. The normalized spacial score (nSPS) is 11.6. The van der Waals surface area contributed by atoms with E-state index in [9.17, 15) is 27.2 Å². The molecule has 0 aliphatic carbocycles. The molecule has 0 unspecified atom stereocenters. The molecule has 4 nitrogen and oxygen atoms in total. The molecule has 0 saturated heterocycles. The average Bonchev–Trinajstić information content (AvgIpc) is 2.58. The molecule has 0 aliphatic rings. The number of nitrogens with one attached hydrogen (secondary N) is 1. The van der Waals surface area contributed by atoms with Crippen LogP contribution in [0.4, 0.5) is 23.2 Å². The quantitative estimate of drug-likeness (QED) is 0.663. The lowest BCUT2D eigenvalue weighted by molar-refractivity contribution is -0.137. The Hall–Kier alpha value is -2.87. The van der Waals surface area contributed by atoms with Crippen molar-refractivity contribution in [3.63, 3.8) is 0 Å². The maximum Gasteiger partial charge on any atom is 0.417 e. The van der Waals surface area contributed by atoms with E-state index in [1.807, 2.05) is 0 Å². The molecule has 0 saturated carbocycles. The van der Waals surface area contributed by atoms with E-state index < -0.39 is 33.9 Å². The van der Waals surface area contributed by atoms with E-state index in [4.69, 9.17) is 11.6 Å². The van der Waals surface area contributed by atoms with Crippen molar-refractivity contribution in [2.24, 2.45) is 0 Å². The zero-order valence-corrected chi connectivity index (χ0v) is 14.2. The van der Waals surface area contributed by atoms with E-state index in [0.717, 1.165) is 24.3 Å². The second kappa shape index (κ2) is 7.03. The minimum absolute atomic E-state index is 0.0758. The van der Waals surface area contributed by atoms with Gasteiger partial charge in [-0.15, -0.1) is 0 Å². The number of carbonyl (C=O) groups excluding carboxylic acids is 1. The second-order valence-electron chi connectivity index (χ2n) is 5.71. The van der Waals surface area contributed by atoms with Gasteiger partial charge in [-0.05, 0) is 36.4 Å². The Morgan fingerprint density at radius 1 is 1.11 bits per heavy atom. The monoisotopic (exact) mass is 398 g/mol. The summed E-state index contributed by atoms with van der Waals surface area (Å²) in [4.78, 5) is 24.0. The van der Waals surface area contributed by atoms with Gasteiger partial charge in [0.1, 0.15) is 12.4 Å². The Morgan fingerprint density at radius 3 is 2.56 bits per heavy atom. The molecule has 0 bridgehead atoms. The smallest absolute Gasteiger partial charge is 0.338 e. The number of hydrogen-bond acceptors (Lipinski definition) is 2. The summed E-state index contributed by atoms with van der Waals surface area (Å²) in [5, 5.41) is 1.97. The summed E-state index contributed by atoms with van der Waals surface area (Å²) in [5.74, 6) is -1.22. The van der Waals surface area contributed by atoms with Gasteiger partial charge < -0.3 is 9.88 Å². The lowest BCUT2D eigenvalue weighted by Gasteiger charge is -2.13. The first-order valence-electron chi connectivity index (χ1n) is 7.60. The molecular formula is C18H11ClF4N2O2. The van der Waals surface area contributed by atoms with E-state index in [-0.39, 0.29) is 17.6 Å². The number of benzene rings is 2. The Kier molecular flexibility index (Phi) is 4.93. The fourth-order valence-electron chi connectivity index (χ4n) is 2.60. The summed E-state index contributed by atoms with van der Waals surface area (Å²) in [7, 11) is 0. The van der Waals surface area contributed by atoms with Crippen LogP contribution in [0.2, 0.25) is 5.02 Å². The summed E-state index contributed by atoms with van der Waals surface area (Å²) < 4.78 is 53.4. The molecule has 9 heteroatoms. The number of amides is 1. The van der Waals surface area contributed by atoms with E-state index in [1.54, 1.807) is 0 Å².